The average molecular weight is 976 g/mol. The standard InChI is InChI=1S/C68H80NS2/c1-62(2,3)47-31-33-55-51(39-47)52-40-48(63(4,5)6)32-34-56(52)69(55)61-45(29-27-43-35-57(64(7,8)9)70-58(36-43)65(10,11)12)41-68(53-25-21-19-23-49(53)50-24-20-22-26-54(50)68)42-46(61)30-28-44-37-59(66(13,14)15)71-60(38-44)67(16,17)18/h19-40H,41-42H2,1-18H3/q+1/b45-29+,46-30+. The first-order valence-electron chi connectivity index (χ1n) is 26.2. The molecule has 9 rings (SSSR count). The zero-order valence-electron chi connectivity index (χ0n) is 46.4. The second kappa shape index (κ2) is 17.7. The molecule has 0 atom stereocenters. The first kappa shape index (κ1) is 51.1. The van der Waals surface area contributed by atoms with Gasteiger partial charge in [-0.3, -0.25) is 0 Å². The Morgan fingerprint density at radius 1 is 0.394 bits per heavy atom. The third-order valence-electron chi connectivity index (χ3n) is 15.0. The molecule has 0 N–H and O–H groups in total. The van der Waals surface area contributed by atoms with Gasteiger partial charge >= 0.3 is 0 Å². The Labute approximate surface area is 437 Å². The van der Waals surface area contributed by atoms with E-state index in [4.69, 9.17) is 0 Å². The third-order valence-corrected chi connectivity index (χ3v) is 18.8. The lowest BCUT2D eigenvalue weighted by Crippen LogP contribution is -2.37. The highest BCUT2D eigenvalue weighted by Crippen LogP contribution is 2.59. The summed E-state index contributed by atoms with van der Waals surface area (Å²) >= 11 is 3.93. The fourth-order valence-corrected chi connectivity index (χ4v) is 13.2. The van der Waals surface area contributed by atoms with Crippen molar-refractivity contribution in [3.63, 3.8) is 0 Å². The molecule has 1 spiro atoms. The molecule has 0 unspecified atom stereocenters. The van der Waals surface area contributed by atoms with Gasteiger partial charge in [-0.15, -0.1) is 0 Å². The van der Waals surface area contributed by atoms with Gasteiger partial charge in [-0.1, -0.05) is 233 Å². The zero-order valence-corrected chi connectivity index (χ0v) is 48.0. The zero-order chi connectivity index (χ0) is 51.4. The van der Waals surface area contributed by atoms with E-state index in [1.807, 2.05) is 23.5 Å². The maximum atomic E-state index is 2.67. The fraction of sp³-hybridized carbons (Fsp3) is 0.397. The first-order valence-corrected chi connectivity index (χ1v) is 27.8. The van der Waals surface area contributed by atoms with Gasteiger partial charge in [0.25, 0.3) is 0 Å². The van der Waals surface area contributed by atoms with Crippen molar-refractivity contribution in [3.8, 4) is 22.3 Å². The molecule has 5 aliphatic rings. The molecule has 4 aromatic rings. The predicted octanol–water partition coefficient (Wildman–Crippen LogP) is 20.2. The molecule has 71 heavy (non-hydrogen) atoms. The molecule has 4 aromatic carbocycles. The molecule has 3 heteroatoms. The first-order chi connectivity index (χ1) is 32.9. The number of hydrogen-bond acceptors (Lipinski definition) is 2. The van der Waals surface area contributed by atoms with E-state index in [9.17, 15) is 0 Å². The smallest absolute Gasteiger partial charge is 0.152 e. The number of allylic oxidation sites excluding steroid dienone is 16. The number of benzene rings is 4. The Balaban J connectivity index is 1.42. The summed E-state index contributed by atoms with van der Waals surface area (Å²) in [5, 5.41) is 0. The second-order valence-corrected chi connectivity index (χ2v) is 29.3. The highest BCUT2D eigenvalue weighted by Gasteiger charge is 2.51. The highest BCUT2D eigenvalue weighted by atomic mass is 32.2. The molecule has 2 aliphatic carbocycles. The minimum Gasteiger partial charge on any atom is -0.152 e. The molecule has 0 radical (unpaired) electrons. The summed E-state index contributed by atoms with van der Waals surface area (Å²) in [6.45, 7) is 42.3. The van der Waals surface area contributed by atoms with Crippen molar-refractivity contribution in [1.82, 2.24) is 4.58 Å². The number of nitrogens with zero attached hydrogens (tertiary/aromatic N) is 1. The van der Waals surface area contributed by atoms with E-state index in [0.717, 1.165) is 12.8 Å². The Morgan fingerprint density at radius 3 is 1.06 bits per heavy atom. The summed E-state index contributed by atoms with van der Waals surface area (Å²) in [7, 11) is 0. The molecular weight excluding hydrogens is 895 g/mol. The monoisotopic (exact) mass is 975 g/mol. The van der Waals surface area contributed by atoms with Crippen LogP contribution in [0.25, 0.3) is 22.3 Å². The molecule has 368 valence electrons. The number of fused-ring (bicyclic) bond motifs is 8. The minimum absolute atomic E-state index is 0.000624. The normalized spacial score (nSPS) is 19.3. The molecule has 0 saturated heterocycles. The highest BCUT2D eigenvalue weighted by molar-refractivity contribution is 8.07. The number of hydrogen-bond donors (Lipinski definition) is 0. The minimum atomic E-state index is -0.272. The van der Waals surface area contributed by atoms with Crippen LogP contribution in [-0.2, 0) is 16.2 Å². The van der Waals surface area contributed by atoms with E-state index in [1.165, 1.54) is 104 Å². The van der Waals surface area contributed by atoms with Crippen molar-refractivity contribution in [2.45, 2.75) is 154 Å². The summed E-state index contributed by atoms with van der Waals surface area (Å²) in [4.78, 5) is 5.64. The van der Waals surface area contributed by atoms with Crippen molar-refractivity contribution in [2.24, 2.45) is 21.7 Å². The van der Waals surface area contributed by atoms with Gasteiger partial charge in [-0.2, -0.15) is 4.58 Å². The summed E-state index contributed by atoms with van der Waals surface area (Å²) < 4.78 is 2.67. The fourth-order valence-electron chi connectivity index (χ4n) is 10.8. The maximum absolute atomic E-state index is 2.67. The Morgan fingerprint density at radius 2 is 0.732 bits per heavy atom. The van der Waals surface area contributed by atoms with Crippen LogP contribution in [0.2, 0.25) is 0 Å². The van der Waals surface area contributed by atoms with Crippen LogP contribution in [0.5, 0.6) is 0 Å². The summed E-state index contributed by atoms with van der Waals surface area (Å²) in [5.74, 6) is 0. The Hall–Kier alpha value is -4.83. The summed E-state index contributed by atoms with van der Waals surface area (Å²) in [6.07, 6.45) is 21.5. The van der Waals surface area contributed by atoms with E-state index in [-0.39, 0.29) is 37.9 Å². The number of thioether (sulfide) groups is 2. The lowest BCUT2D eigenvalue weighted by molar-refractivity contribution is 0.515. The molecule has 1 saturated carbocycles. The van der Waals surface area contributed by atoms with Crippen LogP contribution in [-0.4, -0.2) is 5.71 Å². The van der Waals surface area contributed by atoms with Gasteiger partial charge in [0.05, 0.1) is 11.1 Å². The molecule has 3 heterocycles. The van der Waals surface area contributed by atoms with Crippen LogP contribution in [0.4, 0.5) is 11.4 Å². The van der Waals surface area contributed by atoms with Gasteiger partial charge in [-0.05, 0) is 146 Å². The van der Waals surface area contributed by atoms with Crippen LogP contribution in [0.3, 0.4) is 0 Å². The Kier molecular flexibility index (Phi) is 12.7. The van der Waals surface area contributed by atoms with Gasteiger partial charge in [0.15, 0.2) is 0 Å². The third kappa shape index (κ3) is 9.77. The molecule has 0 amide bonds. The SMILES string of the molecule is CC(C)(C)C1=CC(=C/C=C2\CC3(C/C(=C\C=C4C=C(C(C)(C)C)SC(C(C)(C)C)=C4)C2=[N+]2c4ccc(C(C)(C)C)cc4-c4cc(C(C)(C)C)ccc42)c2ccccc2-c2ccccc23)C=C(C(C)(C)C)S1. The predicted molar refractivity (Wildman–Crippen MR) is 315 cm³/mol. The van der Waals surface area contributed by atoms with Crippen molar-refractivity contribution in [1.29, 1.82) is 0 Å². The lowest BCUT2D eigenvalue weighted by Gasteiger charge is -2.38. The second-order valence-electron chi connectivity index (χ2n) is 27.1. The molecule has 1 fully saturated rings. The molecule has 0 aromatic heterocycles. The van der Waals surface area contributed by atoms with Crippen molar-refractivity contribution in [2.75, 3.05) is 0 Å². The van der Waals surface area contributed by atoms with Crippen LogP contribution in [0.15, 0.2) is 175 Å². The average Bonchev–Trinajstić information content (AvgIpc) is 3.74. The quantitative estimate of drug-likeness (QED) is 0.162. The lowest BCUT2D eigenvalue weighted by atomic mass is 9.63. The van der Waals surface area contributed by atoms with Gasteiger partial charge in [0.2, 0.25) is 17.1 Å². The van der Waals surface area contributed by atoms with Crippen LogP contribution < -0.4 is 4.58 Å². The van der Waals surface area contributed by atoms with Crippen molar-refractivity contribution in [3.05, 3.63) is 198 Å². The van der Waals surface area contributed by atoms with E-state index in [0.29, 0.717) is 0 Å². The van der Waals surface area contributed by atoms with Gasteiger partial charge < -0.3 is 0 Å². The Bertz CT molecular complexity index is 2880. The van der Waals surface area contributed by atoms with Gasteiger partial charge in [0.1, 0.15) is 0 Å². The largest absolute Gasteiger partial charge is 0.219 e. The van der Waals surface area contributed by atoms with Gasteiger partial charge in [-0.25, -0.2) is 0 Å². The topological polar surface area (TPSA) is 3.01 Å². The number of rotatable bonds is 2. The maximum Gasteiger partial charge on any atom is 0.219 e. The summed E-state index contributed by atoms with van der Waals surface area (Å²) in [5.41, 5.74) is 19.8. The van der Waals surface area contributed by atoms with E-state index in [1.54, 1.807) is 0 Å². The van der Waals surface area contributed by atoms with Crippen molar-refractivity contribution >= 4 is 40.6 Å². The van der Waals surface area contributed by atoms with Crippen LogP contribution >= 0.6 is 23.5 Å². The molecule has 0 bridgehead atoms. The molecule has 1 nitrogen and oxygen atoms in total. The molecular formula is C68H80NS2+. The van der Waals surface area contributed by atoms with E-state index in [2.05, 4.69) is 263 Å². The van der Waals surface area contributed by atoms with Crippen molar-refractivity contribution < 1.29 is 0 Å². The van der Waals surface area contributed by atoms with Crippen LogP contribution in [0, 0.1) is 21.7 Å². The van der Waals surface area contributed by atoms with E-state index >= 15 is 0 Å². The van der Waals surface area contributed by atoms with E-state index < -0.39 is 0 Å². The van der Waals surface area contributed by atoms with Gasteiger partial charge in [0, 0.05) is 28.7 Å². The van der Waals surface area contributed by atoms with Crippen LogP contribution in [0.1, 0.15) is 160 Å². The summed E-state index contributed by atoms with van der Waals surface area (Å²) in [6, 6.07) is 33.2. The molecule has 3 aliphatic heterocycles.